The van der Waals surface area contributed by atoms with Crippen LogP contribution in [0.3, 0.4) is 0 Å². The molecule has 2 aromatic rings. The summed E-state index contributed by atoms with van der Waals surface area (Å²) in [6.07, 6.45) is 3.37. The predicted molar refractivity (Wildman–Crippen MR) is 115 cm³/mol. The van der Waals surface area contributed by atoms with Crippen LogP contribution in [0, 0.1) is 13.8 Å². The summed E-state index contributed by atoms with van der Waals surface area (Å²) >= 11 is 0. The van der Waals surface area contributed by atoms with Crippen molar-refractivity contribution in [2.24, 2.45) is 0 Å². The Bertz CT molecular complexity index is 1030. The first-order chi connectivity index (χ1) is 14.2. The fourth-order valence-electron chi connectivity index (χ4n) is 5.38. The van der Waals surface area contributed by atoms with Gasteiger partial charge in [0.15, 0.2) is 0 Å². The van der Waals surface area contributed by atoms with Gasteiger partial charge in [0.1, 0.15) is 17.5 Å². The lowest BCUT2D eigenvalue weighted by Crippen LogP contribution is -2.65. The number of hydrogen-bond acceptors (Lipinski definition) is 6. The smallest absolute Gasteiger partial charge is 0.410 e. The van der Waals surface area contributed by atoms with E-state index in [1.807, 2.05) is 37.9 Å². The van der Waals surface area contributed by atoms with Crippen molar-refractivity contribution in [1.29, 1.82) is 0 Å². The molecule has 30 heavy (non-hydrogen) atoms. The number of piperazine rings is 1. The van der Waals surface area contributed by atoms with Gasteiger partial charge >= 0.3 is 6.09 Å². The van der Waals surface area contributed by atoms with Crippen LogP contribution in [0.4, 0.5) is 10.6 Å². The molecule has 0 aliphatic carbocycles. The molecule has 2 bridgehead atoms. The minimum absolute atomic E-state index is 0.00303. The zero-order valence-corrected chi connectivity index (χ0v) is 18.6. The molecule has 3 aliphatic heterocycles. The lowest BCUT2D eigenvalue weighted by Gasteiger charge is -2.48. The fraction of sp³-hybridized carbons (Fsp3) is 0.609. The number of aromatic nitrogens is 2. The van der Waals surface area contributed by atoms with E-state index >= 15 is 0 Å². The van der Waals surface area contributed by atoms with Crippen LogP contribution in [0.2, 0.25) is 0 Å². The Labute approximate surface area is 177 Å². The molecule has 2 fully saturated rings. The summed E-state index contributed by atoms with van der Waals surface area (Å²) in [5.41, 5.74) is 1.66. The van der Waals surface area contributed by atoms with Gasteiger partial charge in [-0.3, -0.25) is 4.90 Å². The minimum atomic E-state index is -0.513. The van der Waals surface area contributed by atoms with Crippen molar-refractivity contribution in [1.82, 2.24) is 14.9 Å². The standard InChI is InChI=1S/C23H30N4O3/c1-12-13(2)25-20-18-16(12)9-10-24-21(18)29-14(3)19-17-8-7-15(11-26(19)20)27(17)22(28)30-23(4,5)6/h9-10,14-15,17,19H,7-8,11H2,1-6H3. The number of aryl methyl sites for hydroxylation is 2. The zero-order chi connectivity index (χ0) is 21.4. The lowest BCUT2D eigenvalue weighted by atomic mass is 9.97. The van der Waals surface area contributed by atoms with Crippen molar-refractivity contribution in [3.05, 3.63) is 23.5 Å². The molecule has 0 saturated carbocycles. The number of amides is 1. The maximum atomic E-state index is 13.1. The Morgan fingerprint density at radius 1 is 1.27 bits per heavy atom. The molecular formula is C23H30N4O3. The summed E-state index contributed by atoms with van der Waals surface area (Å²) in [4.78, 5) is 27.0. The third-order valence-electron chi connectivity index (χ3n) is 6.72. The molecule has 0 radical (unpaired) electrons. The molecule has 7 heteroatoms. The van der Waals surface area contributed by atoms with E-state index in [0.29, 0.717) is 5.88 Å². The van der Waals surface area contributed by atoms with Gasteiger partial charge in [0, 0.05) is 18.4 Å². The number of rotatable bonds is 0. The number of anilines is 1. The van der Waals surface area contributed by atoms with Gasteiger partial charge in [-0.05, 0) is 71.4 Å². The second kappa shape index (κ2) is 6.46. The second-order valence-corrected chi connectivity index (χ2v) is 9.84. The quantitative estimate of drug-likeness (QED) is 0.654. The Morgan fingerprint density at radius 3 is 2.77 bits per heavy atom. The van der Waals surface area contributed by atoms with E-state index in [2.05, 4.69) is 30.7 Å². The average Bonchev–Trinajstić information content (AvgIpc) is 2.90. The molecule has 4 unspecified atom stereocenters. The van der Waals surface area contributed by atoms with E-state index in [1.54, 1.807) is 0 Å². The van der Waals surface area contributed by atoms with Gasteiger partial charge in [-0.25, -0.2) is 14.8 Å². The molecule has 5 heterocycles. The van der Waals surface area contributed by atoms with Crippen LogP contribution in [-0.4, -0.2) is 57.3 Å². The van der Waals surface area contributed by atoms with Crippen LogP contribution in [0.25, 0.3) is 10.8 Å². The first-order valence-corrected chi connectivity index (χ1v) is 10.9. The Hall–Kier alpha value is -2.57. The molecule has 0 aromatic carbocycles. The molecule has 3 aliphatic rings. The van der Waals surface area contributed by atoms with E-state index < -0.39 is 5.60 Å². The van der Waals surface area contributed by atoms with Gasteiger partial charge in [0.2, 0.25) is 5.88 Å². The number of ether oxygens (including phenoxy) is 2. The number of fused-ring (bicyclic) bond motifs is 5. The van der Waals surface area contributed by atoms with Crippen LogP contribution in [0.15, 0.2) is 12.3 Å². The topological polar surface area (TPSA) is 67.8 Å². The van der Waals surface area contributed by atoms with Crippen LogP contribution in [0.1, 0.15) is 51.8 Å². The molecule has 0 N–H and O–H groups in total. The first-order valence-electron chi connectivity index (χ1n) is 10.9. The van der Waals surface area contributed by atoms with Crippen LogP contribution >= 0.6 is 0 Å². The number of pyridine rings is 2. The summed E-state index contributed by atoms with van der Waals surface area (Å²) in [6.45, 7) is 12.7. The first kappa shape index (κ1) is 19.4. The van der Waals surface area contributed by atoms with Crippen molar-refractivity contribution in [2.45, 2.75) is 84.2 Å². The predicted octanol–water partition coefficient (Wildman–Crippen LogP) is 3.98. The molecule has 7 nitrogen and oxygen atoms in total. The highest BCUT2D eigenvalue weighted by molar-refractivity contribution is 5.99. The molecule has 160 valence electrons. The summed E-state index contributed by atoms with van der Waals surface area (Å²) < 4.78 is 12.2. The maximum Gasteiger partial charge on any atom is 0.410 e. The van der Waals surface area contributed by atoms with Gasteiger partial charge in [-0.1, -0.05) is 0 Å². The van der Waals surface area contributed by atoms with E-state index in [0.717, 1.165) is 47.2 Å². The maximum absolute atomic E-state index is 13.1. The normalized spacial score (nSPS) is 27.5. The molecule has 4 atom stereocenters. The van der Waals surface area contributed by atoms with Crippen molar-refractivity contribution in [3.63, 3.8) is 0 Å². The Kier molecular flexibility index (Phi) is 4.18. The fourth-order valence-corrected chi connectivity index (χ4v) is 5.38. The monoisotopic (exact) mass is 410 g/mol. The minimum Gasteiger partial charge on any atom is -0.472 e. The molecule has 2 saturated heterocycles. The van der Waals surface area contributed by atoms with E-state index in [1.165, 1.54) is 0 Å². The highest BCUT2D eigenvalue weighted by Crippen LogP contribution is 2.45. The van der Waals surface area contributed by atoms with E-state index in [-0.39, 0.29) is 30.3 Å². The zero-order valence-electron chi connectivity index (χ0n) is 18.6. The van der Waals surface area contributed by atoms with Crippen molar-refractivity contribution in [2.75, 3.05) is 11.4 Å². The van der Waals surface area contributed by atoms with Crippen molar-refractivity contribution < 1.29 is 14.3 Å². The van der Waals surface area contributed by atoms with Gasteiger partial charge in [-0.2, -0.15) is 0 Å². The molecule has 5 rings (SSSR count). The second-order valence-electron chi connectivity index (χ2n) is 9.84. The SMILES string of the molecule is Cc1nc2c3c(nccc3c1C)OC(C)C1C3CCC(CN21)N3C(=O)OC(C)(C)C. The van der Waals surface area contributed by atoms with Gasteiger partial charge < -0.3 is 14.4 Å². The number of carbonyl (C=O) groups is 1. The van der Waals surface area contributed by atoms with Crippen molar-refractivity contribution in [3.8, 4) is 5.88 Å². The Balaban J connectivity index is 1.61. The number of carbonyl (C=O) groups excluding carboxylic acids is 1. The number of nitrogens with zero attached hydrogens (tertiary/aromatic N) is 4. The van der Waals surface area contributed by atoms with E-state index in [9.17, 15) is 4.79 Å². The summed E-state index contributed by atoms with van der Waals surface area (Å²) in [6, 6.07) is 2.20. The van der Waals surface area contributed by atoms with Gasteiger partial charge in [0.05, 0.1) is 23.5 Å². The highest BCUT2D eigenvalue weighted by atomic mass is 16.6. The van der Waals surface area contributed by atoms with Crippen LogP contribution in [0.5, 0.6) is 5.88 Å². The molecule has 2 aromatic heterocycles. The Morgan fingerprint density at radius 2 is 2.03 bits per heavy atom. The van der Waals surface area contributed by atoms with Gasteiger partial charge in [-0.15, -0.1) is 0 Å². The largest absolute Gasteiger partial charge is 0.472 e. The molecule has 1 amide bonds. The molecule has 0 spiro atoms. The van der Waals surface area contributed by atoms with Crippen molar-refractivity contribution >= 4 is 22.7 Å². The summed E-state index contributed by atoms with van der Waals surface area (Å²) in [5.74, 6) is 1.57. The average molecular weight is 411 g/mol. The van der Waals surface area contributed by atoms with Crippen LogP contribution in [-0.2, 0) is 4.74 Å². The molecular weight excluding hydrogens is 380 g/mol. The lowest BCUT2D eigenvalue weighted by molar-refractivity contribution is 0.000960. The summed E-state index contributed by atoms with van der Waals surface area (Å²) in [7, 11) is 0. The van der Waals surface area contributed by atoms with E-state index in [4.69, 9.17) is 14.5 Å². The third-order valence-corrected chi connectivity index (χ3v) is 6.72. The highest BCUT2D eigenvalue weighted by Gasteiger charge is 2.53. The van der Waals surface area contributed by atoms with Crippen LogP contribution < -0.4 is 9.64 Å². The summed E-state index contributed by atoms with van der Waals surface area (Å²) in [5, 5.41) is 2.12. The third kappa shape index (κ3) is 2.81. The number of hydrogen-bond donors (Lipinski definition) is 0. The van der Waals surface area contributed by atoms with Gasteiger partial charge in [0.25, 0.3) is 0 Å².